The van der Waals surface area contributed by atoms with Crippen molar-refractivity contribution >= 4 is 17.7 Å². The first-order valence-electron chi connectivity index (χ1n) is 11.3. The van der Waals surface area contributed by atoms with E-state index in [1.54, 1.807) is 31.4 Å². The lowest BCUT2D eigenvalue weighted by atomic mass is 10.0. The van der Waals surface area contributed by atoms with Gasteiger partial charge in [0.1, 0.15) is 5.75 Å². The first-order chi connectivity index (χ1) is 15.0. The van der Waals surface area contributed by atoms with Crippen LogP contribution in [0.3, 0.4) is 0 Å². The molecule has 168 valence electrons. The van der Waals surface area contributed by atoms with Gasteiger partial charge in [-0.05, 0) is 56.4 Å². The lowest BCUT2D eigenvalue weighted by molar-refractivity contribution is -0.133. The van der Waals surface area contributed by atoms with Crippen molar-refractivity contribution in [2.45, 2.75) is 56.7 Å². The Morgan fingerprint density at radius 3 is 2.61 bits per heavy atom. The molecule has 2 N–H and O–H groups in total. The second-order valence-electron chi connectivity index (χ2n) is 8.73. The molecule has 0 aliphatic carbocycles. The summed E-state index contributed by atoms with van der Waals surface area (Å²) in [5.41, 5.74) is 0.568. The van der Waals surface area contributed by atoms with Crippen molar-refractivity contribution in [1.82, 2.24) is 20.4 Å². The number of amides is 3. The fourth-order valence-corrected chi connectivity index (χ4v) is 4.95. The zero-order chi connectivity index (χ0) is 21.8. The molecule has 0 spiro atoms. The summed E-state index contributed by atoms with van der Waals surface area (Å²) < 4.78 is 5.14. The molecule has 3 atom stereocenters. The molecule has 0 saturated carbocycles. The summed E-state index contributed by atoms with van der Waals surface area (Å²) in [6, 6.07) is 6.77. The second-order valence-corrected chi connectivity index (χ2v) is 8.73. The summed E-state index contributed by atoms with van der Waals surface area (Å²) in [5, 5.41) is 6.06. The molecule has 8 heteroatoms. The maximum absolute atomic E-state index is 12.6. The molecule has 1 aromatic rings. The third kappa shape index (κ3) is 5.01. The molecule has 3 fully saturated rings. The number of methoxy groups -OCH3 is 1. The quantitative estimate of drug-likeness (QED) is 0.710. The van der Waals surface area contributed by atoms with Crippen molar-refractivity contribution in [3.63, 3.8) is 0 Å². The number of benzene rings is 1. The van der Waals surface area contributed by atoms with E-state index in [2.05, 4.69) is 15.5 Å². The van der Waals surface area contributed by atoms with Crippen LogP contribution in [0, 0.1) is 0 Å². The highest BCUT2D eigenvalue weighted by molar-refractivity contribution is 5.94. The molecule has 31 heavy (non-hydrogen) atoms. The van der Waals surface area contributed by atoms with Crippen molar-refractivity contribution in [2.24, 2.45) is 0 Å². The third-order valence-electron chi connectivity index (χ3n) is 6.71. The number of carbonyl (C=O) groups is 3. The van der Waals surface area contributed by atoms with Gasteiger partial charge in [0.25, 0.3) is 5.91 Å². The highest BCUT2D eigenvalue weighted by Crippen LogP contribution is 2.26. The van der Waals surface area contributed by atoms with Gasteiger partial charge in [0.2, 0.25) is 11.8 Å². The predicted molar refractivity (Wildman–Crippen MR) is 116 cm³/mol. The van der Waals surface area contributed by atoms with Gasteiger partial charge in [-0.1, -0.05) is 0 Å². The molecule has 0 radical (unpaired) electrons. The van der Waals surface area contributed by atoms with Crippen LogP contribution in [-0.4, -0.2) is 78.9 Å². The van der Waals surface area contributed by atoms with Gasteiger partial charge in [-0.2, -0.15) is 0 Å². The van der Waals surface area contributed by atoms with E-state index in [1.165, 1.54) is 6.42 Å². The van der Waals surface area contributed by atoms with E-state index in [9.17, 15) is 14.4 Å². The molecule has 3 amide bonds. The van der Waals surface area contributed by atoms with E-state index in [0.29, 0.717) is 37.2 Å². The summed E-state index contributed by atoms with van der Waals surface area (Å²) >= 11 is 0. The first-order valence-corrected chi connectivity index (χ1v) is 11.3. The number of piperazine rings is 1. The number of ether oxygens (including phenoxy) is 1. The van der Waals surface area contributed by atoms with Crippen LogP contribution in [0.2, 0.25) is 0 Å². The van der Waals surface area contributed by atoms with Gasteiger partial charge >= 0.3 is 0 Å². The Bertz CT molecular complexity index is 806. The number of rotatable bonds is 6. The third-order valence-corrected chi connectivity index (χ3v) is 6.71. The number of nitrogens with one attached hydrogen (secondary N) is 2. The van der Waals surface area contributed by atoms with Crippen LogP contribution in [0.1, 0.15) is 48.9 Å². The second kappa shape index (κ2) is 9.68. The normalized spacial score (nSPS) is 26.2. The number of piperidine rings is 1. The topological polar surface area (TPSA) is 91.0 Å². The zero-order valence-electron chi connectivity index (χ0n) is 18.1. The standard InChI is InChI=1S/C23H32N4O4/c1-31-19-8-5-16(6-9-19)22(29)25-17-13-20-23(30)24-14-18(27(20)15-17)7-10-21(28)26-11-3-2-4-12-26/h5-6,8-9,17-18,20H,2-4,7,10-15H2,1H3,(H,24,30)(H,25,29)/t17-,18+,20-/m0/s1. The monoisotopic (exact) mass is 428 g/mol. The Kier molecular flexibility index (Phi) is 6.75. The number of carbonyl (C=O) groups excluding carboxylic acids is 3. The molecule has 3 heterocycles. The first kappa shape index (κ1) is 21.6. The van der Waals surface area contributed by atoms with E-state index in [1.807, 2.05) is 4.90 Å². The fraction of sp³-hybridized carbons (Fsp3) is 0.609. The molecule has 1 aromatic carbocycles. The van der Waals surface area contributed by atoms with Gasteiger partial charge in [0.05, 0.1) is 13.2 Å². The van der Waals surface area contributed by atoms with Crippen LogP contribution in [-0.2, 0) is 9.59 Å². The van der Waals surface area contributed by atoms with Crippen LogP contribution in [0.15, 0.2) is 24.3 Å². The van der Waals surface area contributed by atoms with Crippen LogP contribution < -0.4 is 15.4 Å². The van der Waals surface area contributed by atoms with Gasteiger partial charge in [-0.3, -0.25) is 19.3 Å². The average molecular weight is 429 g/mol. The minimum atomic E-state index is -0.245. The minimum absolute atomic E-state index is 0.0137. The van der Waals surface area contributed by atoms with Gasteiger partial charge in [0, 0.05) is 50.2 Å². The van der Waals surface area contributed by atoms with Crippen LogP contribution >= 0.6 is 0 Å². The van der Waals surface area contributed by atoms with Crippen LogP contribution in [0.25, 0.3) is 0 Å². The minimum Gasteiger partial charge on any atom is -0.497 e. The number of fused-ring (bicyclic) bond motifs is 1. The van der Waals surface area contributed by atoms with E-state index in [-0.39, 0.29) is 35.8 Å². The zero-order valence-corrected chi connectivity index (χ0v) is 18.1. The molecule has 3 saturated heterocycles. The highest BCUT2D eigenvalue weighted by Gasteiger charge is 2.43. The van der Waals surface area contributed by atoms with Crippen LogP contribution in [0.4, 0.5) is 0 Å². The van der Waals surface area contributed by atoms with Crippen LogP contribution in [0.5, 0.6) is 5.75 Å². The van der Waals surface area contributed by atoms with Crippen molar-refractivity contribution in [2.75, 3.05) is 33.3 Å². The Morgan fingerprint density at radius 2 is 1.90 bits per heavy atom. The van der Waals surface area contributed by atoms with Gasteiger partial charge in [-0.25, -0.2) is 0 Å². The van der Waals surface area contributed by atoms with E-state index >= 15 is 0 Å². The van der Waals surface area contributed by atoms with Gasteiger partial charge in [-0.15, -0.1) is 0 Å². The molecule has 3 aliphatic heterocycles. The summed E-state index contributed by atoms with van der Waals surface area (Å²) in [4.78, 5) is 41.8. The smallest absolute Gasteiger partial charge is 0.251 e. The molecule has 4 rings (SSSR count). The maximum Gasteiger partial charge on any atom is 0.251 e. The molecule has 0 bridgehead atoms. The van der Waals surface area contributed by atoms with Crippen molar-refractivity contribution in [3.05, 3.63) is 29.8 Å². The van der Waals surface area contributed by atoms with Gasteiger partial charge < -0.3 is 20.3 Å². The lowest BCUT2D eigenvalue weighted by Gasteiger charge is -2.37. The molecule has 3 aliphatic rings. The lowest BCUT2D eigenvalue weighted by Crippen LogP contribution is -2.58. The Morgan fingerprint density at radius 1 is 1.16 bits per heavy atom. The largest absolute Gasteiger partial charge is 0.497 e. The summed E-state index contributed by atoms with van der Waals surface area (Å²) in [7, 11) is 1.59. The number of likely N-dealkylation sites (tertiary alicyclic amines) is 1. The Balaban J connectivity index is 1.33. The molecule has 0 unspecified atom stereocenters. The molecular formula is C23H32N4O4. The Labute approximate surface area is 183 Å². The van der Waals surface area contributed by atoms with E-state index in [4.69, 9.17) is 4.74 Å². The SMILES string of the molecule is COc1ccc(C(=O)N[C@H]2C[C@H]3C(=O)NC[C@@H](CCC(=O)N4CCCCC4)N3C2)cc1. The molecule has 0 aromatic heterocycles. The highest BCUT2D eigenvalue weighted by atomic mass is 16.5. The van der Waals surface area contributed by atoms with Crippen molar-refractivity contribution in [3.8, 4) is 5.75 Å². The number of nitrogens with zero attached hydrogens (tertiary/aromatic N) is 2. The summed E-state index contributed by atoms with van der Waals surface area (Å²) in [5.74, 6) is 0.786. The van der Waals surface area contributed by atoms with Gasteiger partial charge in [0.15, 0.2) is 0 Å². The molecular weight excluding hydrogens is 396 g/mol. The Hall–Kier alpha value is -2.61. The molecule has 8 nitrogen and oxygen atoms in total. The summed E-state index contributed by atoms with van der Waals surface area (Å²) in [6.45, 7) is 2.92. The summed E-state index contributed by atoms with van der Waals surface area (Å²) in [6.07, 6.45) is 5.21. The average Bonchev–Trinajstić information content (AvgIpc) is 3.23. The fourth-order valence-electron chi connectivity index (χ4n) is 4.95. The van der Waals surface area contributed by atoms with Crippen molar-refractivity contribution in [1.29, 1.82) is 0 Å². The maximum atomic E-state index is 12.6. The van der Waals surface area contributed by atoms with Crippen molar-refractivity contribution < 1.29 is 19.1 Å². The number of hydrogen-bond donors (Lipinski definition) is 2. The van der Waals surface area contributed by atoms with E-state index < -0.39 is 0 Å². The predicted octanol–water partition coefficient (Wildman–Crippen LogP) is 1.16. The van der Waals surface area contributed by atoms with E-state index in [0.717, 1.165) is 32.4 Å². The number of hydrogen-bond acceptors (Lipinski definition) is 5.